The molecule has 43 heavy (non-hydrogen) atoms. The molecule has 0 aliphatic heterocycles. The number of rotatable bonds is 20. The molecule has 1 rings (SSSR count). The molecule has 19 heteroatoms. The Balaban J connectivity index is 0. The maximum atomic E-state index is 11.9. The smallest absolute Gasteiger partial charge is 0.317 e. The van der Waals surface area contributed by atoms with Crippen LogP contribution >= 0.6 is 0 Å². The number of carboxylic acid groups (broad SMARTS) is 2. The quantitative estimate of drug-likeness (QED) is 0.0575. The van der Waals surface area contributed by atoms with Crippen molar-refractivity contribution < 1.29 is 73.9 Å². The Kier molecular flexibility index (Phi) is 24.6. The molecular weight excluding hydrogens is 660 g/mol. The van der Waals surface area contributed by atoms with Crippen LogP contribution in [0.2, 0.25) is 0 Å². The molecule has 0 bridgehead atoms. The minimum absolute atomic E-state index is 0.0994. The van der Waals surface area contributed by atoms with E-state index in [1.165, 1.54) is 6.20 Å². The molecule has 1 heterocycles. The fraction of sp³-hybridized carbons (Fsp3) is 0.667. The van der Waals surface area contributed by atoms with Gasteiger partial charge in [-0.05, 0) is 0 Å². The van der Waals surface area contributed by atoms with Gasteiger partial charge in [0, 0.05) is 0 Å². The van der Waals surface area contributed by atoms with Gasteiger partial charge in [0.15, 0.2) is 0 Å². The summed E-state index contributed by atoms with van der Waals surface area (Å²) in [5.74, 6) is -1.71. The van der Waals surface area contributed by atoms with E-state index >= 15 is 0 Å². The van der Waals surface area contributed by atoms with Gasteiger partial charge in [-0.1, -0.05) is 13.8 Å². The minimum Gasteiger partial charge on any atom is -0.480 e. The van der Waals surface area contributed by atoms with E-state index in [0.29, 0.717) is 17.9 Å². The van der Waals surface area contributed by atoms with Gasteiger partial charge in [0.25, 0.3) is 0 Å². The van der Waals surface area contributed by atoms with Crippen molar-refractivity contribution in [3.05, 3.63) is 23.9 Å². The molecule has 249 valence electrons. The molecule has 12 N–H and O–H groups in total. The van der Waals surface area contributed by atoms with Crippen LogP contribution in [0.25, 0.3) is 0 Å². The zero-order chi connectivity index (χ0) is 33.3. The van der Waals surface area contributed by atoms with Crippen molar-refractivity contribution >= 4 is 23.7 Å². The Morgan fingerprint density at radius 3 is 1.58 bits per heavy atom. The molecule has 0 saturated heterocycles. The number of anilines is 1. The number of aliphatic hydroxyl groups is 6. The molecule has 1 amide bonds. The first-order valence-corrected chi connectivity index (χ1v) is 13.9. The number of aromatic nitrogens is 1. The summed E-state index contributed by atoms with van der Waals surface area (Å²) in [6.45, 7) is 3.76. The van der Waals surface area contributed by atoms with Crippen molar-refractivity contribution in [2.45, 2.75) is 24.9 Å². The van der Waals surface area contributed by atoms with Crippen molar-refractivity contribution in [1.82, 2.24) is 25.8 Å². The monoisotopic (exact) mass is 704 g/mol. The molecule has 18 nitrogen and oxygen atoms in total. The summed E-state index contributed by atoms with van der Waals surface area (Å²) in [7, 11) is 0. The van der Waals surface area contributed by atoms with Crippen molar-refractivity contribution in [2.75, 3.05) is 84.3 Å². The summed E-state index contributed by atoms with van der Waals surface area (Å²) in [6.07, 6.45) is 1.54. The van der Waals surface area contributed by atoms with Crippen LogP contribution in [0.15, 0.2) is 22.0 Å². The Hall–Kier alpha value is -2.55. The second kappa shape index (κ2) is 24.8. The summed E-state index contributed by atoms with van der Waals surface area (Å²) < 4.78 is 3.72. The zero-order valence-electron chi connectivity index (χ0n) is 24.2. The molecule has 0 unspecified atom stereocenters. The van der Waals surface area contributed by atoms with Crippen molar-refractivity contribution in [3.63, 3.8) is 0 Å². The van der Waals surface area contributed by atoms with Gasteiger partial charge in [0.2, 0.25) is 0 Å². The van der Waals surface area contributed by atoms with Gasteiger partial charge in [0.1, 0.15) is 0 Å². The number of aliphatic carboxylic acids is 2. The molecule has 0 saturated carbocycles. The molecule has 0 radical (unpaired) electrons. The van der Waals surface area contributed by atoms with E-state index in [-0.39, 0.29) is 5.91 Å². The van der Waals surface area contributed by atoms with Crippen molar-refractivity contribution in [3.8, 4) is 0 Å². The Morgan fingerprint density at radius 2 is 1.28 bits per heavy atom. The fourth-order valence-corrected chi connectivity index (χ4v) is 2.98. The van der Waals surface area contributed by atoms with E-state index in [4.69, 9.17) is 40.9 Å². The SMILES string of the molecule is CCN(CC)CCNC(=O)c1ccc(N[N]=[Tc])nc1.O=C(O)CNC(CO)(CO)CO.O=C(O)CNC(CO)(CO)CO. The van der Waals surface area contributed by atoms with Crippen LogP contribution in [0.3, 0.4) is 0 Å². The first-order chi connectivity index (χ1) is 20.4. The summed E-state index contributed by atoms with van der Waals surface area (Å²) in [5.41, 5.74) is 0.649. The number of carbonyl (C=O) groups excluding carboxylic acids is 1. The van der Waals surface area contributed by atoms with Crippen molar-refractivity contribution in [2.24, 2.45) is 3.72 Å². The largest absolute Gasteiger partial charge is 0.480 e. The molecule has 0 aliphatic carbocycles. The zero-order valence-corrected chi connectivity index (χ0v) is 26.1. The number of pyridine rings is 1. The number of amides is 1. The summed E-state index contributed by atoms with van der Waals surface area (Å²) in [4.78, 5) is 38.4. The maximum Gasteiger partial charge on any atom is 0.317 e. The Labute approximate surface area is 260 Å². The average Bonchev–Trinajstić information content (AvgIpc) is 3.02. The van der Waals surface area contributed by atoms with E-state index in [9.17, 15) is 14.4 Å². The van der Waals surface area contributed by atoms with Gasteiger partial charge >= 0.3 is 122 Å². The number of carboxylic acids is 2. The number of hydrogen-bond donors (Lipinski definition) is 12. The van der Waals surface area contributed by atoms with Crippen molar-refractivity contribution in [1.29, 1.82) is 0 Å². The van der Waals surface area contributed by atoms with Crippen LogP contribution in [-0.4, -0.2) is 159 Å². The van der Waals surface area contributed by atoms with Crippen LogP contribution in [0.1, 0.15) is 24.2 Å². The van der Waals surface area contributed by atoms with Gasteiger partial charge in [0.05, 0.1) is 63.8 Å². The fourth-order valence-electron chi connectivity index (χ4n) is 2.77. The Morgan fingerprint density at radius 1 is 0.837 bits per heavy atom. The number of aliphatic hydroxyl groups excluding tert-OH is 6. The number of likely N-dealkylation sites (N-methyl/N-ethyl adjacent to an activating group) is 1. The second-order valence-corrected chi connectivity index (χ2v) is 9.33. The van der Waals surface area contributed by atoms with E-state index < -0.39 is 75.7 Å². The second-order valence-electron chi connectivity index (χ2n) is 8.92. The Bertz CT molecular complexity index is 867. The summed E-state index contributed by atoms with van der Waals surface area (Å²) in [6, 6.07) is 3.45. The van der Waals surface area contributed by atoms with Crippen LogP contribution < -0.4 is 21.4 Å². The number of carbonyl (C=O) groups is 3. The molecular formula is C24H45N7O11Tc. The van der Waals surface area contributed by atoms with E-state index in [1.807, 2.05) is 18.7 Å². The van der Waals surface area contributed by atoms with E-state index in [0.717, 1.165) is 19.6 Å². The average molecular weight is 706 g/mol. The molecule has 1 aromatic heterocycles. The third-order valence-corrected chi connectivity index (χ3v) is 6.04. The van der Waals surface area contributed by atoms with Crippen LogP contribution in [0.4, 0.5) is 5.82 Å². The number of nitrogens with zero attached hydrogens (tertiary/aromatic N) is 3. The molecule has 0 aliphatic rings. The number of hydrogen-bond acceptors (Lipinski definition) is 15. The summed E-state index contributed by atoms with van der Waals surface area (Å²) in [5, 5.41) is 76.3. The van der Waals surface area contributed by atoms with Crippen LogP contribution in [-0.2, 0) is 28.3 Å². The predicted octanol–water partition coefficient (Wildman–Crippen LogP) is -4.04. The predicted molar refractivity (Wildman–Crippen MR) is 150 cm³/mol. The molecule has 0 atom stereocenters. The normalized spacial score (nSPS) is 11.0. The first-order valence-electron chi connectivity index (χ1n) is 13.0. The van der Waals surface area contributed by atoms with Gasteiger partial charge in [-0.2, -0.15) is 0 Å². The van der Waals surface area contributed by atoms with Gasteiger partial charge < -0.3 is 40.9 Å². The molecule has 0 spiro atoms. The third-order valence-electron chi connectivity index (χ3n) is 5.84. The van der Waals surface area contributed by atoms with Gasteiger partial charge in [-0.3, -0.25) is 20.2 Å². The standard InChI is InChI=1S/C12H19N5O.2C6H13NO5.Tc/c1-3-17(4-2)8-7-14-12(18)10-5-6-11(16-13)15-9-10;2*8-2-6(3-9,4-10)7-1-5(11)12;/h5-6,9H,3-4,7-8H2,1-2H3,(H,14,18)(H,15,16);2*7-10H,1-4H2,(H,11,12);. The minimum atomic E-state index is -1.31. The van der Waals surface area contributed by atoms with Gasteiger partial charge in [-0.15, -0.1) is 0 Å². The first kappa shape index (κ1) is 42.6. The van der Waals surface area contributed by atoms with E-state index in [1.54, 1.807) is 12.1 Å². The van der Waals surface area contributed by atoms with Crippen LogP contribution in [0.5, 0.6) is 0 Å². The molecule has 0 fully saturated rings. The molecule has 1 aromatic rings. The maximum absolute atomic E-state index is 11.9. The topological polar surface area (TPSA) is 290 Å². The van der Waals surface area contributed by atoms with Crippen LogP contribution in [0, 0.1) is 0 Å². The third kappa shape index (κ3) is 18.7. The summed E-state index contributed by atoms with van der Waals surface area (Å²) >= 11 is 1.83. The molecule has 0 aromatic carbocycles. The number of nitrogens with one attached hydrogen (secondary N) is 4. The van der Waals surface area contributed by atoms with Gasteiger partial charge in [-0.25, -0.2) is 0 Å². The van der Waals surface area contributed by atoms with E-state index in [2.05, 4.69) is 48.8 Å².